The van der Waals surface area contributed by atoms with Crippen molar-refractivity contribution in [2.75, 3.05) is 6.73 Å². The van der Waals surface area contributed by atoms with Crippen LogP contribution in [0.15, 0.2) is 30.3 Å². The summed E-state index contributed by atoms with van der Waals surface area (Å²) in [5, 5.41) is 0. The number of rotatable bonds is 2. The van der Waals surface area contributed by atoms with Crippen molar-refractivity contribution in [3.63, 3.8) is 0 Å². The van der Waals surface area contributed by atoms with Gasteiger partial charge in [-0.05, 0) is 12.1 Å². The van der Waals surface area contributed by atoms with Gasteiger partial charge < -0.3 is 4.74 Å². The third-order valence-corrected chi connectivity index (χ3v) is 1.22. The lowest BCUT2D eigenvalue weighted by Gasteiger charge is -1.99. The van der Waals surface area contributed by atoms with Crippen LogP contribution in [-0.2, 0) is 4.74 Å². The van der Waals surface area contributed by atoms with Gasteiger partial charge in [-0.25, -0.2) is 4.79 Å². The molecule has 0 aliphatic heterocycles. The molecule has 2 N–H and O–H groups in total. The van der Waals surface area contributed by atoms with Crippen LogP contribution in [0, 0.1) is 0 Å². The zero-order valence-electron chi connectivity index (χ0n) is 6.40. The van der Waals surface area contributed by atoms with Crippen molar-refractivity contribution in [1.82, 2.24) is 0 Å². The summed E-state index contributed by atoms with van der Waals surface area (Å²) in [7, 11) is 0. The maximum Gasteiger partial charge on any atom is 0.339 e. The normalized spacial score (nSPS) is 8.42. The summed E-state index contributed by atoms with van der Waals surface area (Å²) in [5.74, 6) is -0.381. The molecule has 0 bridgehead atoms. The molecule has 0 aliphatic carbocycles. The Hall–Kier alpha value is -1.06. The standard InChI is InChI=1S/C8H9NO2.ClH/c9-6-11-8(10)7-4-2-1-3-5-7;/h1-5H,6,9H2;1H. The van der Waals surface area contributed by atoms with E-state index in [1.807, 2.05) is 6.07 Å². The van der Waals surface area contributed by atoms with E-state index in [-0.39, 0.29) is 25.1 Å². The predicted octanol–water partition coefficient (Wildman–Crippen LogP) is 1.18. The molecule has 1 aromatic rings. The molecule has 0 fully saturated rings. The molecule has 0 unspecified atom stereocenters. The number of halogens is 1. The van der Waals surface area contributed by atoms with Crippen molar-refractivity contribution in [3.8, 4) is 0 Å². The van der Waals surface area contributed by atoms with Crippen LogP contribution in [0.1, 0.15) is 10.4 Å². The highest BCUT2D eigenvalue weighted by atomic mass is 35.5. The average Bonchev–Trinajstić information content (AvgIpc) is 2.07. The highest BCUT2D eigenvalue weighted by Gasteiger charge is 2.02. The van der Waals surface area contributed by atoms with Crippen LogP contribution in [0.25, 0.3) is 0 Å². The fourth-order valence-corrected chi connectivity index (χ4v) is 0.733. The summed E-state index contributed by atoms with van der Waals surface area (Å²) < 4.78 is 4.57. The van der Waals surface area contributed by atoms with Crippen molar-refractivity contribution in [2.24, 2.45) is 5.73 Å². The number of carbonyl (C=O) groups is 1. The highest BCUT2D eigenvalue weighted by molar-refractivity contribution is 5.89. The zero-order chi connectivity index (χ0) is 8.10. The molecule has 0 atom stereocenters. The number of hydrogen-bond donors (Lipinski definition) is 1. The van der Waals surface area contributed by atoms with Crippen LogP contribution in [0.4, 0.5) is 0 Å². The van der Waals surface area contributed by atoms with Crippen molar-refractivity contribution < 1.29 is 9.53 Å². The molecule has 3 nitrogen and oxygen atoms in total. The first-order chi connectivity index (χ1) is 5.34. The molecular weight excluding hydrogens is 178 g/mol. The molecule has 0 spiro atoms. The minimum absolute atomic E-state index is 0. The number of esters is 1. The Labute approximate surface area is 76.9 Å². The molecule has 12 heavy (non-hydrogen) atoms. The first-order valence-electron chi connectivity index (χ1n) is 3.27. The van der Waals surface area contributed by atoms with E-state index in [2.05, 4.69) is 4.74 Å². The Morgan fingerprint density at radius 1 is 1.33 bits per heavy atom. The molecule has 0 saturated carbocycles. The number of ether oxygens (including phenoxy) is 1. The van der Waals surface area contributed by atoms with Gasteiger partial charge in [0.2, 0.25) is 0 Å². The average molecular weight is 188 g/mol. The van der Waals surface area contributed by atoms with Gasteiger partial charge in [-0.1, -0.05) is 18.2 Å². The lowest BCUT2D eigenvalue weighted by molar-refractivity contribution is 0.0515. The molecular formula is C8H10ClNO2. The Bertz CT molecular complexity index is 238. The van der Waals surface area contributed by atoms with Crippen LogP contribution >= 0.6 is 12.4 Å². The van der Waals surface area contributed by atoms with Gasteiger partial charge in [0.05, 0.1) is 5.56 Å². The SMILES string of the molecule is Cl.NCOC(=O)c1ccccc1. The Morgan fingerprint density at radius 2 is 1.92 bits per heavy atom. The fraction of sp³-hybridized carbons (Fsp3) is 0.125. The van der Waals surface area contributed by atoms with Gasteiger partial charge in [-0.15, -0.1) is 12.4 Å². The summed E-state index contributed by atoms with van der Waals surface area (Å²) in [5.41, 5.74) is 5.55. The quantitative estimate of drug-likeness (QED) is 0.559. The second-order valence-corrected chi connectivity index (χ2v) is 1.96. The number of hydrogen-bond acceptors (Lipinski definition) is 3. The van der Waals surface area contributed by atoms with Gasteiger partial charge in [0.25, 0.3) is 0 Å². The second-order valence-electron chi connectivity index (χ2n) is 1.96. The van der Waals surface area contributed by atoms with Gasteiger partial charge >= 0.3 is 5.97 Å². The number of carbonyl (C=O) groups excluding carboxylic acids is 1. The second kappa shape index (κ2) is 5.57. The van der Waals surface area contributed by atoms with Gasteiger partial charge in [0.1, 0.15) is 6.73 Å². The van der Waals surface area contributed by atoms with Crippen LogP contribution in [-0.4, -0.2) is 12.7 Å². The molecule has 1 rings (SSSR count). The van der Waals surface area contributed by atoms with Gasteiger partial charge in [0.15, 0.2) is 0 Å². The van der Waals surface area contributed by atoms with E-state index in [0.29, 0.717) is 5.56 Å². The largest absolute Gasteiger partial charge is 0.446 e. The number of nitrogens with two attached hydrogens (primary N) is 1. The van der Waals surface area contributed by atoms with Crippen LogP contribution in [0.2, 0.25) is 0 Å². The molecule has 0 heterocycles. The molecule has 66 valence electrons. The molecule has 0 amide bonds. The molecule has 0 aliphatic rings. The summed E-state index contributed by atoms with van der Waals surface area (Å²) in [6, 6.07) is 8.73. The summed E-state index contributed by atoms with van der Waals surface area (Å²) >= 11 is 0. The smallest absolute Gasteiger partial charge is 0.339 e. The minimum Gasteiger partial charge on any atom is -0.446 e. The van der Waals surface area contributed by atoms with Crippen molar-refractivity contribution in [3.05, 3.63) is 35.9 Å². The third kappa shape index (κ3) is 2.90. The zero-order valence-corrected chi connectivity index (χ0v) is 7.21. The van der Waals surface area contributed by atoms with Crippen molar-refractivity contribution in [1.29, 1.82) is 0 Å². The summed E-state index contributed by atoms with van der Waals surface area (Å²) in [6.07, 6.45) is 0. The van der Waals surface area contributed by atoms with Crippen LogP contribution in [0.3, 0.4) is 0 Å². The maximum atomic E-state index is 10.9. The van der Waals surface area contributed by atoms with Gasteiger partial charge in [0, 0.05) is 0 Å². The Balaban J connectivity index is 0.00000121. The first-order valence-corrected chi connectivity index (χ1v) is 3.27. The van der Waals surface area contributed by atoms with Crippen LogP contribution < -0.4 is 5.73 Å². The molecule has 0 saturated heterocycles. The van der Waals surface area contributed by atoms with E-state index >= 15 is 0 Å². The Kier molecular flexibility index (Phi) is 5.08. The number of benzene rings is 1. The topological polar surface area (TPSA) is 52.3 Å². The summed E-state index contributed by atoms with van der Waals surface area (Å²) in [6.45, 7) is -0.0757. The van der Waals surface area contributed by atoms with E-state index in [4.69, 9.17) is 5.73 Å². The van der Waals surface area contributed by atoms with E-state index in [0.717, 1.165) is 0 Å². The predicted molar refractivity (Wildman–Crippen MR) is 48.2 cm³/mol. The minimum atomic E-state index is -0.381. The molecule has 0 radical (unpaired) electrons. The van der Waals surface area contributed by atoms with Crippen molar-refractivity contribution in [2.45, 2.75) is 0 Å². The van der Waals surface area contributed by atoms with E-state index < -0.39 is 0 Å². The van der Waals surface area contributed by atoms with Gasteiger partial charge in [-0.3, -0.25) is 5.73 Å². The molecule has 1 aromatic carbocycles. The third-order valence-electron chi connectivity index (χ3n) is 1.22. The molecule has 0 aromatic heterocycles. The van der Waals surface area contributed by atoms with Gasteiger partial charge in [-0.2, -0.15) is 0 Å². The van der Waals surface area contributed by atoms with Crippen molar-refractivity contribution >= 4 is 18.4 Å². The lowest BCUT2D eigenvalue weighted by Crippen LogP contribution is -2.11. The monoisotopic (exact) mass is 187 g/mol. The molecule has 4 heteroatoms. The van der Waals surface area contributed by atoms with E-state index in [1.54, 1.807) is 24.3 Å². The maximum absolute atomic E-state index is 10.9. The van der Waals surface area contributed by atoms with Crippen LogP contribution in [0.5, 0.6) is 0 Å². The lowest BCUT2D eigenvalue weighted by atomic mass is 10.2. The fourth-order valence-electron chi connectivity index (χ4n) is 0.733. The Morgan fingerprint density at radius 3 is 2.42 bits per heavy atom. The summed E-state index contributed by atoms with van der Waals surface area (Å²) in [4.78, 5) is 10.9. The van der Waals surface area contributed by atoms with E-state index in [1.165, 1.54) is 0 Å². The first kappa shape index (κ1) is 10.9. The van der Waals surface area contributed by atoms with E-state index in [9.17, 15) is 4.79 Å². The highest BCUT2D eigenvalue weighted by Crippen LogP contribution is 1.99.